The van der Waals surface area contributed by atoms with Gasteiger partial charge >= 0.3 is 0 Å². The molecule has 0 N–H and O–H groups in total. The van der Waals surface area contributed by atoms with Crippen molar-refractivity contribution in [3.8, 4) is 0 Å². The highest BCUT2D eigenvalue weighted by molar-refractivity contribution is 9.10. The van der Waals surface area contributed by atoms with Gasteiger partial charge < -0.3 is 0 Å². The third-order valence-corrected chi connectivity index (χ3v) is 8.37. The van der Waals surface area contributed by atoms with E-state index in [1.165, 1.54) is 0 Å². The van der Waals surface area contributed by atoms with E-state index in [-0.39, 0.29) is 0 Å². The quantitative estimate of drug-likeness (QED) is 0.569. The molecule has 0 saturated carbocycles. The minimum Gasteiger partial charge on any atom is -0.199 e. The van der Waals surface area contributed by atoms with Gasteiger partial charge in [-0.3, -0.25) is 0 Å². The molecule has 0 nitrogen and oxygen atoms in total. The summed E-state index contributed by atoms with van der Waals surface area (Å²) in [6.45, 7) is 3.30. The van der Waals surface area contributed by atoms with Gasteiger partial charge in [0.2, 0.25) is 0 Å². The topological polar surface area (TPSA) is 0 Å². The van der Waals surface area contributed by atoms with Crippen molar-refractivity contribution in [2.75, 3.05) is 0 Å². The average Bonchev–Trinajstić information content (AvgIpc) is 2.04. The van der Waals surface area contributed by atoms with Crippen molar-refractivity contribution in [3.05, 3.63) is 30.3 Å². The van der Waals surface area contributed by atoms with E-state index in [1.807, 2.05) is 6.07 Å². The molecule has 0 saturated heterocycles. The van der Waals surface area contributed by atoms with Crippen molar-refractivity contribution in [2.45, 2.75) is 17.5 Å². The number of hydrogen-bond donors (Lipinski definition) is 0. The highest BCUT2D eigenvalue weighted by Crippen LogP contribution is 2.32. The van der Waals surface area contributed by atoms with Crippen molar-refractivity contribution in [2.24, 2.45) is 0 Å². The van der Waals surface area contributed by atoms with Gasteiger partial charge in [-0.05, 0) is 15.9 Å². The Kier molecular flexibility index (Phi) is 2.92. The van der Waals surface area contributed by atoms with Crippen LogP contribution in [0, 0.1) is 0 Å². The Bertz CT molecular complexity index is 279. The molecule has 0 bridgehead atoms. The lowest BCUT2D eigenvalue weighted by atomic mass is 10.4. The lowest BCUT2D eigenvalue weighted by Gasteiger charge is -2.27. The summed E-state index contributed by atoms with van der Waals surface area (Å²) in [4.78, 5) is 0. The standard InChI is InChI=1S/C9H11BrF2Si/c1-13(2,9(10,11)12)8-6-4-3-5-7-8/h3-7H,1-2H3. The Hall–Kier alpha value is -0.223. The predicted molar refractivity (Wildman–Crippen MR) is 57.4 cm³/mol. The lowest BCUT2D eigenvalue weighted by molar-refractivity contribution is 0.198. The molecule has 4 heteroatoms. The van der Waals surface area contributed by atoms with Crippen molar-refractivity contribution < 1.29 is 8.78 Å². The monoisotopic (exact) mass is 264 g/mol. The maximum absolute atomic E-state index is 13.2. The maximum atomic E-state index is 13.2. The second kappa shape index (κ2) is 3.50. The first kappa shape index (κ1) is 10.9. The first-order chi connectivity index (χ1) is 5.86. The molecule has 1 aromatic carbocycles. The summed E-state index contributed by atoms with van der Waals surface area (Å²) in [6, 6.07) is 8.95. The fraction of sp³-hybridized carbons (Fsp3) is 0.333. The van der Waals surface area contributed by atoms with Crippen LogP contribution in [0.4, 0.5) is 8.78 Å². The van der Waals surface area contributed by atoms with Crippen LogP contribution in [0.25, 0.3) is 0 Å². The first-order valence-corrected chi connectivity index (χ1v) is 7.77. The van der Waals surface area contributed by atoms with Crippen LogP contribution >= 0.6 is 15.9 Å². The molecule has 0 aliphatic rings. The smallest absolute Gasteiger partial charge is 0.199 e. The van der Waals surface area contributed by atoms with Crippen LogP contribution in [-0.2, 0) is 0 Å². The van der Waals surface area contributed by atoms with Crippen LogP contribution in [0.15, 0.2) is 30.3 Å². The van der Waals surface area contributed by atoms with Gasteiger partial charge in [0.05, 0.1) is 0 Å². The third kappa shape index (κ3) is 2.17. The van der Waals surface area contributed by atoms with Gasteiger partial charge in [-0.1, -0.05) is 48.6 Å². The summed E-state index contributed by atoms with van der Waals surface area (Å²) in [6.07, 6.45) is 0. The molecule has 72 valence electrons. The summed E-state index contributed by atoms with van der Waals surface area (Å²) >= 11 is 2.47. The molecule has 0 unspecified atom stereocenters. The average molecular weight is 265 g/mol. The number of rotatable bonds is 2. The normalized spacial score (nSPS) is 13.0. The number of benzene rings is 1. The molecule has 1 aromatic rings. The molecule has 0 fully saturated rings. The van der Waals surface area contributed by atoms with Gasteiger partial charge in [-0.2, -0.15) is 8.78 Å². The van der Waals surface area contributed by atoms with Crippen molar-refractivity contribution in [3.63, 3.8) is 0 Å². The van der Waals surface area contributed by atoms with Crippen molar-refractivity contribution in [1.29, 1.82) is 0 Å². The van der Waals surface area contributed by atoms with Crippen molar-refractivity contribution >= 4 is 29.2 Å². The summed E-state index contributed by atoms with van der Waals surface area (Å²) in [5, 5.41) is 0.761. The SMILES string of the molecule is C[Si](C)(c1ccccc1)C(F)(F)Br. The van der Waals surface area contributed by atoms with Gasteiger partial charge in [0.15, 0.2) is 8.07 Å². The van der Waals surface area contributed by atoms with Crippen LogP contribution in [-0.4, -0.2) is 12.5 Å². The van der Waals surface area contributed by atoms with Gasteiger partial charge in [0.25, 0.3) is 4.46 Å². The summed E-state index contributed by atoms with van der Waals surface area (Å²) in [5.41, 5.74) is 0. The van der Waals surface area contributed by atoms with Crippen LogP contribution in [0.1, 0.15) is 0 Å². The highest BCUT2D eigenvalue weighted by Gasteiger charge is 2.47. The molecule has 0 spiro atoms. The minimum absolute atomic E-state index is 0.761. The van der Waals surface area contributed by atoms with E-state index in [4.69, 9.17) is 0 Å². The predicted octanol–water partition coefficient (Wildman–Crippen LogP) is 3.13. The van der Waals surface area contributed by atoms with Gasteiger partial charge in [-0.25, -0.2) is 0 Å². The molecule has 0 heterocycles. The zero-order chi connectivity index (χ0) is 10.1. The van der Waals surface area contributed by atoms with Crippen molar-refractivity contribution in [1.82, 2.24) is 0 Å². The van der Waals surface area contributed by atoms with E-state index in [0.717, 1.165) is 5.19 Å². The molecule has 0 aliphatic heterocycles. The molecule has 0 radical (unpaired) electrons. The van der Waals surface area contributed by atoms with E-state index in [2.05, 4.69) is 15.9 Å². The van der Waals surface area contributed by atoms with E-state index in [9.17, 15) is 8.78 Å². The molecule has 0 aromatic heterocycles. The zero-order valence-electron chi connectivity index (χ0n) is 7.52. The Labute approximate surface area is 86.1 Å². The first-order valence-electron chi connectivity index (χ1n) is 3.98. The van der Waals surface area contributed by atoms with Gasteiger partial charge in [-0.15, -0.1) is 0 Å². The zero-order valence-corrected chi connectivity index (χ0v) is 10.1. The maximum Gasteiger partial charge on any atom is 0.284 e. The Morgan fingerprint density at radius 3 is 2.00 bits per heavy atom. The molecular weight excluding hydrogens is 254 g/mol. The second-order valence-electron chi connectivity index (χ2n) is 3.49. The Morgan fingerprint density at radius 2 is 1.62 bits per heavy atom. The fourth-order valence-corrected chi connectivity index (χ4v) is 3.06. The Balaban J connectivity index is 3.08. The van der Waals surface area contributed by atoms with Crippen LogP contribution in [0.3, 0.4) is 0 Å². The largest absolute Gasteiger partial charge is 0.284 e. The van der Waals surface area contributed by atoms with E-state index < -0.39 is 12.5 Å². The highest BCUT2D eigenvalue weighted by atomic mass is 79.9. The summed E-state index contributed by atoms with van der Waals surface area (Å²) < 4.78 is 23.6. The Morgan fingerprint density at radius 1 is 1.15 bits per heavy atom. The number of halogens is 3. The second-order valence-corrected chi connectivity index (χ2v) is 9.67. The molecular formula is C9H11BrF2Si. The van der Waals surface area contributed by atoms with Crippen LogP contribution in [0.5, 0.6) is 0 Å². The molecule has 0 amide bonds. The number of alkyl halides is 3. The lowest BCUT2D eigenvalue weighted by Crippen LogP contribution is -2.54. The van der Waals surface area contributed by atoms with Gasteiger partial charge in [0, 0.05) is 0 Å². The molecule has 0 atom stereocenters. The summed E-state index contributed by atoms with van der Waals surface area (Å²) in [5.74, 6) is 0. The van der Waals surface area contributed by atoms with Crippen LogP contribution < -0.4 is 5.19 Å². The van der Waals surface area contributed by atoms with Crippen LogP contribution in [0.2, 0.25) is 13.1 Å². The number of hydrogen-bond acceptors (Lipinski definition) is 0. The van der Waals surface area contributed by atoms with Gasteiger partial charge in [0.1, 0.15) is 0 Å². The van der Waals surface area contributed by atoms with E-state index in [0.29, 0.717) is 0 Å². The fourth-order valence-electron chi connectivity index (χ4n) is 1.02. The molecule has 13 heavy (non-hydrogen) atoms. The molecule has 0 aliphatic carbocycles. The minimum atomic E-state index is -2.75. The van der Waals surface area contributed by atoms with E-state index >= 15 is 0 Å². The molecule has 1 rings (SSSR count). The third-order valence-electron chi connectivity index (χ3n) is 2.20. The summed E-state index contributed by atoms with van der Waals surface area (Å²) in [7, 11) is -2.70. The van der Waals surface area contributed by atoms with E-state index in [1.54, 1.807) is 37.4 Å².